The molecule has 0 aliphatic carbocycles. The molecule has 1 atom stereocenters. The van der Waals surface area contributed by atoms with Crippen LogP contribution < -0.4 is 11.1 Å². The summed E-state index contributed by atoms with van der Waals surface area (Å²) < 4.78 is 0.917. The summed E-state index contributed by atoms with van der Waals surface area (Å²) in [5.74, 6) is -0.0653. The lowest BCUT2D eigenvalue weighted by Crippen LogP contribution is -2.22. The van der Waals surface area contributed by atoms with Gasteiger partial charge in [0.05, 0.1) is 10.3 Å². The Balaban J connectivity index is 1.94. The highest BCUT2D eigenvalue weighted by atomic mass is 79.9. The highest BCUT2D eigenvalue weighted by Gasteiger charge is 2.15. The van der Waals surface area contributed by atoms with Gasteiger partial charge in [0.1, 0.15) is 0 Å². The van der Waals surface area contributed by atoms with E-state index in [2.05, 4.69) is 26.2 Å². The largest absolute Gasteiger partial charge is 0.399 e. The molecule has 6 heteroatoms. The molecule has 0 aliphatic heterocycles. The Kier molecular flexibility index (Phi) is 5.03. The molecule has 104 valence electrons. The van der Waals surface area contributed by atoms with Crippen LogP contribution in [0.1, 0.15) is 6.92 Å². The summed E-state index contributed by atoms with van der Waals surface area (Å²) in [4.78, 5) is 16.3. The van der Waals surface area contributed by atoms with E-state index in [0.29, 0.717) is 5.69 Å². The van der Waals surface area contributed by atoms with Gasteiger partial charge in [0.15, 0.2) is 0 Å². The number of nitrogen functional groups attached to an aromatic ring is 1. The molecule has 0 radical (unpaired) electrons. The number of rotatable bonds is 4. The number of nitrogens with one attached hydrogen (secondary N) is 1. The minimum Gasteiger partial charge on any atom is -0.399 e. The minimum absolute atomic E-state index is 0.0653. The molecule has 0 saturated heterocycles. The van der Waals surface area contributed by atoms with Gasteiger partial charge in [-0.1, -0.05) is 11.8 Å². The smallest absolute Gasteiger partial charge is 0.237 e. The van der Waals surface area contributed by atoms with E-state index in [9.17, 15) is 4.79 Å². The van der Waals surface area contributed by atoms with E-state index < -0.39 is 0 Å². The third kappa shape index (κ3) is 4.25. The standard InChI is InChI=1S/C14H14BrN3OS/c1-9(20-13-7-2-10(15)8-17-13)14(19)18-12-5-3-11(16)4-6-12/h2-9H,16H2,1H3,(H,18,19). The predicted molar refractivity (Wildman–Crippen MR) is 86.7 cm³/mol. The van der Waals surface area contributed by atoms with Crippen molar-refractivity contribution in [1.82, 2.24) is 4.98 Å². The van der Waals surface area contributed by atoms with Gasteiger partial charge in [-0.3, -0.25) is 4.79 Å². The molecule has 3 N–H and O–H groups in total. The van der Waals surface area contributed by atoms with E-state index >= 15 is 0 Å². The highest BCUT2D eigenvalue weighted by molar-refractivity contribution is 9.10. The average molecular weight is 352 g/mol. The molecule has 0 fully saturated rings. The fourth-order valence-corrected chi connectivity index (χ4v) is 2.50. The van der Waals surface area contributed by atoms with Crippen LogP contribution in [0.2, 0.25) is 0 Å². The van der Waals surface area contributed by atoms with E-state index in [1.807, 2.05) is 19.1 Å². The number of pyridine rings is 1. The van der Waals surface area contributed by atoms with Crippen LogP contribution in [0.15, 0.2) is 52.1 Å². The maximum atomic E-state index is 12.1. The van der Waals surface area contributed by atoms with E-state index in [4.69, 9.17) is 5.73 Å². The first-order valence-electron chi connectivity index (χ1n) is 5.99. The fourth-order valence-electron chi connectivity index (χ4n) is 1.48. The number of amides is 1. The van der Waals surface area contributed by atoms with Crippen LogP contribution in [0.5, 0.6) is 0 Å². The molecule has 2 aromatic rings. The van der Waals surface area contributed by atoms with Crippen LogP contribution in [0, 0.1) is 0 Å². The first-order chi connectivity index (χ1) is 9.54. The number of anilines is 2. The van der Waals surface area contributed by atoms with Crippen LogP contribution >= 0.6 is 27.7 Å². The molecular weight excluding hydrogens is 338 g/mol. The molecule has 1 aromatic heterocycles. The van der Waals surface area contributed by atoms with Crippen LogP contribution in [-0.4, -0.2) is 16.1 Å². The summed E-state index contributed by atoms with van der Waals surface area (Å²) in [5.41, 5.74) is 7.01. The monoisotopic (exact) mass is 351 g/mol. The number of aromatic nitrogens is 1. The summed E-state index contributed by atoms with van der Waals surface area (Å²) in [6.07, 6.45) is 1.72. The topological polar surface area (TPSA) is 68.0 Å². The van der Waals surface area contributed by atoms with Gasteiger partial charge < -0.3 is 11.1 Å². The Morgan fingerprint density at radius 1 is 1.30 bits per heavy atom. The van der Waals surface area contributed by atoms with Crippen LogP contribution in [-0.2, 0) is 4.79 Å². The van der Waals surface area contributed by atoms with Crippen molar-refractivity contribution < 1.29 is 4.79 Å². The summed E-state index contributed by atoms with van der Waals surface area (Å²) in [7, 11) is 0. The summed E-state index contributed by atoms with van der Waals surface area (Å²) in [6.45, 7) is 1.85. The molecule has 0 saturated carbocycles. The Labute approximate surface area is 130 Å². The van der Waals surface area contributed by atoms with Gasteiger partial charge in [0.2, 0.25) is 5.91 Å². The molecule has 0 bridgehead atoms. The summed E-state index contributed by atoms with van der Waals surface area (Å²) in [6, 6.07) is 10.8. The maximum absolute atomic E-state index is 12.1. The number of thioether (sulfide) groups is 1. The van der Waals surface area contributed by atoms with E-state index in [-0.39, 0.29) is 11.2 Å². The van der Waals surface area contributed by atoms with Crippen molar-refractivity contribution in [2.45, 2.75) is 17.2 Å². The average Bonchev–Trinajstić information content (AvgIpc) is 2.44. The number of nitrogens with two attached hydrogens (primary N) is 1. The van der Waals surface area contributed by atoms with Crippen LogP contribution in [0.4, 0.5) is 11.4 Å². The lowest BCUT2D eigenvalue weighted by Gasteiger charge is -2.11. The minimum atomic E-state index is -0.235. The van der Waals surface area contributed by atoms with Gasteiger partial charge in [-0.25, -0.2) is 4.98 Å². The Hall–Kier alpha value is -1.53. The Morgan fingerprint density at radius 2 is 2.00 bits per heavy atom. The summed E-state index contributed by atoms with van der Waals surface area (Å²) in [5, 5.41) is 3.43. The van der Waals surface area contributed by atoms with Crippen molar-refractivity contribution in [3.63, 3.8) is 0 Å². The van der Waals surface area contributed by atoms with Gasteiger partial charge in [-0.05, 0) is 59.3 Å². The molecule has 1 aromatic carbocycles. The van der Waals surface area contributed by atoms with Crippen molar-refractivity contribution in [2.24, 2.45) is 0 Å². The first kappa shape index (κ1) is 14.9. The maximum Gasteiger partial charge on any atom is 0.237 e. The lowest BCUT2D eigenvalue weighted by atomic mass is 10.3. The SMILES string of the molecule is CC(Sc1ccc(Br)cn1)C(=O)Nc1ccc(N)cc1. The van der Waals surface area contributed by atoms with Crippen molar-refractivity contribution in [2.75, 3.05) is 11.1 Å². The summed E-state index contributed by atoms with van der Waals surface area (Å²) >= 11 is 4.74. The van der Waals surface area contributed by atoms with Gasteiger partial charge in [0, 0.05) is 22.0 Å². The predicted octanol–water partition coefficient (Wildman–Crippen LogP) is 3.55. The zero-order valence-electron chi connectivity index (χ0n) is 10.8. The second kappa shape index (κ2) is 6.76. The van der Waals surface area contributed by atoms with E-state index in [1.54, 1.807) is 30.5 Å². The van der Waals surface area contributed by atoms with Crippen LogP contribution in [0.3, 0.4) is 0 Å². The first-order valence-corrected chi connectivity index (χ1v) is 7.66. The Morgan fingerprint density at radius 3 is 2.60 bits per heavy atom. The van der Waals surface area contributed by atoms with Crippen molar-refractivity contribution >= 4 is 45.0 Å². The van der Waals surface area contributed by atoms with E-state index in [1.165, 1.54) is 11.8 Å². The van der Waals surface area contributed by atoms with Crippen molar-refractivity contribution in [3.05, 3.63) is 47.1 Å². The third-order valence-corrected chi connectivity index (χ3v) is 4.06. The van der Waals surface area contributed by atoms with Crippen molar-refractivity contribution in [1.29, 1.82) is 0 Å². The van der Waals surface area contributed by atoms with Gasteiger partial charge >= 0.3 is 0 Å². The number of halogens is 1. The van der Waals surface area contributed by atoms with Gasteiger partial charge in [0.25, 0.3) is 0 Å². The number of hydrogen-bond acceptors (Lipinski definition) is 4. The quantitative estimate of drug-likeness (QED) is 0.652. The third-order valence-electron chi connectivity index (χ3n) is 2.55. The second-order valence-electron chi connectivity index (χ2n) is 4.19. The molecule has 1 amide bonds. The molecule has 1 unspecified atom stereocenters. The normalized spacial score (nSPS) is 11.9. The van der Waals surface area contributed by atoms with E-state index in [0.717, 1.165) is 15.2 Å². The molecule has 1 heterocycles. The number of carbonyl (C=O) groups is 1. The van der Waals surface area contributed by atoms with Gasteiger partial charge in [-0.15, -0.1) is 0 Å². The van der Waals surface area contributed by atoms with Crippen molar-refractivity contribution in [3.8, 4) is 0 Å². The zero-order valence-corrected chi connectivity index (χ0v) is 13.2. The molecule has 4 nitrogen and oxygen atoms in total. The Bertz CT molecular complexity index is 586. The zero-order chi connectivity index (χ0) is 14.5. The number of carbonyl (C=O) groups excluding carboxylic acids is 1. The van der Waals surface area contributed by atoms with Gasteiger partial charge in [-0.2, -0.15) is 0 Å². The molecule has 2 rings (SSSR count). The van der Waals surface area contributed by atoms with Crippen LogP contribution in [0.25, 0.3) is 0 Å². The molecule has 0 spiro atoms. The molecule has 0 aliphatic rings. The number of benzene rings is 1. The fraction of sp³-hybridized carbons (Fsp3) is 0.143. The highest BCUT2D eigenvalue weighted by Crippen LogP contribution is 2.23. The number of nitrogens with zero attached hydrogens (tertiary/aromatic N) is 1. The second-order valence-corrected chi connectivity index (χ2v) is 6.46. The molecule has 20 heavy (non-hydrogen) atoms. The molecular formula is C14H14BrN3OS. The number of hydrogen-bond donors (Lipinski definition) is 2. The lowest BCUT2D eigenvalue weighted by molar-refractivity contribution is -0.115.